The maximum absolute atomic E-state index is 14.1. The number of anilines is 3. The Balaban J connectivity index is 1.92. The highest BCUT2D eigenvalue weighted by Crippen LogP contribution is 2.25. The number of nitrogens with one attached hydrogen (secondary N) is 3. The van der Waals surface area contributed by atoms with Gasteiger partial charge in [0.25, 0.3) is 5.91 Å². The number of carbonyl (C=O) groups is 1. The molecule has 0 radical (unpaired) electrons. The van der Waals surface area contributed by atoms with Crippen LogP contribution in [0.3, 0.4) is 0 Å². The second-order valence-corrected chi connectivity index (χ2v) is 5.40. The highest BCUT2D eigenvalue weighted by Gasteiger charge is 2.20. The van der Waals surface area contributed by atoms with Crippen LogP contribution in [0.15, 0.2) is 18.3 Å². The van der Waals surface area contributed by atoms with Crippen LogP contribution < -0.4 is 20.7 Å². The van der Waals surface area contributed by atoms with E-state index in [1.807, 2.05) is 0 Å². The molecule has 0 atom stereocenters. The molecule has 4 heterocycles. The maximum atomic E-state index is 14.1. The monoisotopic (exact) mass is 361 g/mol. The summed E-state index contributed by atoms with van der Waals surface area (Å²) in [6, 6.07) is 2.36. The van der Waals surface area contributed by atoms with E-state index in [2.05, 4.69) is 31.0 Å². The van der Waals surface area contributed by atoms with Crippen molar-refractivity contribution in [3.8, 4) is 5.88 Å². The summed E-state index contributed by atoms with van der Waals surface area (Å²) < 4.78 is 34.6. The number of nitrogens with zero attached hydrogens (tertiary/aromatic N) is 4. The lowest BCUT2D eigenvalue weighted by molar-refractivity contribution is 0.0948. The van der Waals surface area contributed by atoms with Crippen molar-refractivity contribution in [3.05, 3.63) is 35.5 Å². The molecule has 3 aromatic heterocycles. The fourth-order valence-corrected chi connectivity index (χ4v) is 2.54. The summed E-state index contributed by atoms with van der Waals surface area (Å²) in [5.74, 6) is -2.53. The third-order valence-corrected chi connectivity index (χ3v) is 3.75. The first kappa shape index (κ1) is 16.0. The van der Waals surface area contributed by atoms with E-state index in [9.17, 15) is 13.6 Å². The summed E-state index contributed by atoms with van der Waals surface area (Å²) >= 11 is 0. The minimum atomic E-state index is -1.16. The number of hydrogen-bond donors (Lipinski definition) is 3. The van der Waals surface area contributed by atoms with Crippen LogP contribution in [0.2, 0.25) is 0 Å². The highest BCUT2D eigenvalue weighted by atomic mass is 19.2. The van der Waals surface area contributed by atoms with Gasteiger partial charge < -0.3 is 20.7 Å². The number of pyridine rings is 1. The molecule has 9 nitrogen and oxygen atoms in total. The molecular weight excluding hydrogens is 348 g/mol. The summed E-state index contributed by atoms with van der Waals surface area (Å²) in [5.41, 5.74) is 0.477. The van der Waals surface area contributed by atoms with E-state index in [0.29, 0.717) is 5.82 Å². The summed E-state index contributed by atoms with van der Waals surface area (Å²) in [6.45, 7) is 0.165. The molecule has 11 heteroatoms. The number of halogens is 2. The second-order valence-electron chi connectivity index (χ2n) is 5.40. The van der Waals surface area contributed by atoms with Crippen LogP contribution in [0.5, 0.6) is 5.88 Å². The van der Waals surface area contributed by atoms with Crippen molar-refractivity contribution < 1.29 is 18.3 Å². The smallest absolute Gasteiger partial charge is 0.256 e. The van der Waals surface area contributed by atoms with Crippen LogP contribution in [0.4, 0.5) is 26.2 Å². The molecule has 1 aliphatic rings. The molecule has 0 fully saturated rings. The van der Waals surface area contributed by atoms with Gasteiger partial charge in [-0.3, -0.25) is 4.79 Å². The van der Waals surface area contributed by atoms with Crippen LogP contribution in [-0.4, -0.2) is 45.7 Å². The highest BCUT2D eigenvalue weighted by molar-refractivity contribution is 6.00. The first-order chi connectivity index (χ1) is 12.6. The minimum Gasteiger partial charge on any atom is -0.476 e. The van der Waals surface area contributed by atoms with Gasteiger partial charge in [0.2, 0.25) is 11.7 Å². The molecule has 3 N–H and O–H groups in total. The Morgan fingerprint density at radius 1 is 1.31 bits per heavy atom. The topological polar surface area (TPSA) is 105 Å². The van der Waals surface area contributed by atoms with Crippen LogP contribution in [0, 0.1) is 11.6 Å². The Kier molecular flexibility index (Phi) is 3.75. The van der Waals surface area contributed by atoms with Crippen LogP contribution >= 0.6 is 0 Å². The molecule has 0 spiro atoms. The Hall–Kier alpha value is -3.50. The molecule has 4 bridgehead atoms. The predicted octanol–water partition coefficient (Wildman–Crippen LogP) is 1.31. The first-order valence-electron chi connectivity index (χ1n) is 7.67. The van der Waals surface area contributed by atoms with Crippen molar-refractivity contribution in [1.82, 2.24) is 24.9 Å². The molecule has 0 aliphatic carbocycles. The van der Waals surface area contributed by atoms with Gasteiger partial charge in [-0.2, -0.15) is 19.0 Å². The largest absolute Gasteiger partial charge is 0.476 e. The average Bonchev–Trinajstić information content (AvgIpc) is 3.05. The molecule has 1 aliphatic heterocycles. The van der Waals surface area contributed by atoms with E-state index >= 15 is 0 Å². The molecule has 26 heavy (non-hydrogen) atoms. The number of aromatic nitrogens is 4. The zero-order valence-corrected chi connectivity index (χ0v) is 13.5. The Morgan fingerprint density at radius 3 is 2.96 bits per heavy atom. The number of amides is 1. The maximum Gasteiger partial charge on any atom is 0.256 e. The lowest BCUT2D eigenvalue weighted by Gasteiger charge is -2.11. The standard InChI is InChI=1S/C15H13F2N7O2/c1-18-10-5-9-21-13-12(17)8(16)4-11(23-13)26-3-2-19-15(25)7-6-20-24(10)14(7)22-9/h4-6,18H,2-3H2,1H3,(H,19,25)(H,21,22,23). The zero-order chi connectivity index (χ0) is 18.3. The summed E-state index contributed by atoms with van der Waals surface area (Å²) in [6.07, 6.45) is 1.38. The normalized spacial score (nSPS) is 13.9. The number of ether oxygens (including phenoxy) is 1. The fraction of sp³-hybridized carbons (Fsp3) is 0.200. The van der Waals surface area contributed by atoms with Gasteiger partial charge in [-0.25, -0.2) is 9.37 Å². The number of carbonyl (C=O) groups excluding carboxylic acids is 1. The minimum absolute atomic E-state index is 0.0282. The quantitative estimate of drug-likeness (QED) is 0.600. The molecule has 0 unspecified atom stereocenters. The van der Waals surface area contributed by atoms with Crippen LogP contribution in [-0.2, 0) is 0 Å². The number of hydrogen-bond acceptors (Lipinski definition) is 7. The van der Waals surface area contributed by atoms with E-state index in [-0.39, 0.29) is 41.9 Å². The van der Waals surface area contributed by atoms with Gasteiger partial charge >= 0.3 is 0 Å². The van der Waals surface area contributed by atoms with Gasteiger partial charge in [0.15, 0.2) is 17.3 Å². The van der Waals surface area contributed by atoms with Crippen LogP contribution in [0.25, 0.3) is 5.65 Å². The SMILES string of the molecule is CNc1cc2nc3c(cnn13)C(=O)NCCOc1cc(F)c(F)c(n1)N2. The molecule has 0 saturated carbocycles. The Labute approximate surface area is 145 Å². The van der Waals surface area contributed by atoms with E-state index < -0.39 is 17.5 Å². The van der Waals surface area contributed by atoms with Crippen molar-refractivity contribution in [2.24, 2.45) is 0 Å². The first-order valence-corrected chi connectivity index (χ1v) is 7.67. The third kappa shape index (κ3) is 2.62. The molecule has 3 aromatic rings. The Morgan fingerprint density at radius 2 is 2.15 bits per heavy atom. The van der Waals surface area contributed by atoms with Crippen LogP contribution in [0.1, 0.15) is 10.4 Å². The van der Waals surface area contributed by atoms with Gasteiger partial charge in [-0.15, -0.1) is 0 Å². The van der Waals surface area contributed by atoms with E-state index in [0.717, 1.165) is 6.07 Å². The third-order valence-electron chi connectivity index (χ3n) is 3.75. The van der Waals surface area contributed by atoms with Crippen molar-refractivity contribution in [1.29, 1.82) is 0 Å². The molecule has 0 saturated heterocycles. The summed E-state index contributed by atoms with van der Waals surface area (Å²) in [7, 11) is 1.65. The summed E-state index contributed by atoms with van der Waals surface area (Å²) in [4.78, 5) is 20.6. The van der Waals surface area contributed by atoms with E-state index in [4.69, 9.17) is 4.74 Å². The molecular formula is C15H13F2N7O2. The average molecular weight is 361 g/mol. The number of fused-ring (bicyclic) bond motifs is 3. The van der Waals surface area contributed by atoms with Gasteiger partial charge in [0, 0.05) is 19.2 Å². The van der Waals surface area contributed by atoms with Crippen molar-refractivity contribution in [2.45, 2.75) is 0 Å². The van der Waals surface area contributed by atoms with Crippen molar-refractivity contribution in [2.75, 3.05) is 30.8 Å². The zero-order valence-electron chi connectivity index (χ0n) is 13.5. The van der Waals surface area contributed by atoms with Crippen molar-refractivity contribution >= 4 is 29.0 Å². The summed E-state index contributed by atoms with van der Waals surface area (Å²) in [5, 5.41) is 12.3. The fourth-order valence-electron chi connectivity index (χ4n) is 2.54. The van der Waals surface area contributed by atoms with E-state index in [1.165, 1.54) is 16.8 Å². The van der Waals surface area contributed by atoms with Gasteiger partial charge in [0.1, 0.15) is 23.8 Å². The molecule has 0 aromatic carbocycles. The van der Waals surface area contributed by atoms with Crippen molar-refractivity contribution in [3.63, 3.8) is 0 Å². The molecule has 134 valence electrons. The van der Waals surface area contributed by atoms with Gasteiger partial charge in [-0.1, -0.05) is 0 Å². The van der Waals surface area contributed by atoms with Gasteiger partial charge in [0.05, 0.1) is 12.7 Å². The van der Waals surface area contributed by atoms with E-state index in [1.54, 1.807) is 7.05 Å². The lowest BCUT2D eigenvalue weighted by atomic mass is 10.3. The van der Waals surface area contributed by atoms with Gasteiger partial charge in [-0.05, 0) is 0 Å². The number of rotatable bonds is 1. The predicted molar refractivity (Wildman–Crippen MR) is 87.8 cm³/mol. The molecule has 4 rings (SSSR count). The molecule has 1 amide bonds. The Bertz CT molecular complexity index is 1020. The second kappa shape index (κ2) is 6.10. The lowest BCUT2D eigenvalue weighted by Crippen LogP contribution is -2.28.